The predicted molar refractivity (Wildman–Crippen MR) is 147 cm³/mol. The number of hydrogen-bond acceptors (Lipinski definition) is 14. The molecule has 5 heterocycles. The van der Waals surface area contributed by atoms with E-state index in [4.69, 9.17) is 58.9 Å². The Kier molecular flexibility index (Phi) is 11.0. The molecule has 14 nitrogen and oxygen atoms in total. The molecule has 224 valence electrons. The molecule has 0 aliphatic carbocycles. The monoisotopic (exact) mass is 634 g/mol. The number of hydrogen-bond donors (Lipinski definition) is 1. The van der Waals surface area contributed by atoms with Gasteiger partial charge in [-0.15, -0.1) is 0 Å². The van der Waals surface area contributed by atoms with Gasteiger partial charge in [0.15, 0.2) is 28.8 Å². The number of aliphatic hydroxyl groups is 1. The molecule has 2 atom stereocenters. The Bertz CT molecular complexity index is 1260. The number of carbonyl (C=O) groups is 2. The maximum atomic E-state index is 11.8. The first-order chi connectivity index (χ1) is 19.8. The third kappa shape index (κ3) is 7.19. The standard InChI is InChI=1S/C12H15Cl2N3O4.C12H14ClN3O4/c1-20-11(19)9-8(13)10(16-12(14)15-9)17-3-5-21-6-7(17)2-4-18;1-18-11(17)8-9-10(15-12(13)14-8)16-3-5-19-6-7(16)2-4-20-9/h7,18H,2-6H2,1H3;7H,2-6H2,1H3/t2*7-/m11/s1. The fourth-order valence-corrected chi connectivity index (χ4v) is 5.20. The van der Waals surface area contributed by atoms with Gasteiger partial charge in [-0.3, -0.25) is 0 Å². The minimum atomic E-state index is -0.683. The molecule has 0 unspecified atom stereocenters. The highest BCUT2D eigenvalue weighted by Gasteiger charge is 2.34. The summed E-state index contributed by atoms with van der Waals surface area (Å²) in [5.74, 6) is -0.0459. The van der Waals surface area contributed by atoms with Crippen molar-refractivity contribution in [3.63, 3.8) is 0 Å². The van der Waals surface area contributed by atoms with Crippen molar-refractivity contribution in [1.82, 2.24) is 19.9 Å². The van der Waals surface area contributed by atoms with E-state index < -0.39 is 11.9 Å². The molecular weight excluding hydrogens is 607 g/mol. The van der Waals surface area contributed by atoms with Crippen molar-refractivity contribution in [2.45, 2.75) is 24.9 Å². The van der Waals surface area contributed by atoms with Gasteiger partial charge in [-0.05, 0) is 29.6 Å². The van der Waals surface area contributed by atoms with Crippen LogP contribution in [0.2, 0.25) is 15.6 Å². The van der Waals surface area contributed by atoms with Gasteiger partial charge in [0.05, 0.1) is 59.3 Å². The summed E-state index contributed by atoms with van der Waals surface area (Å²) < 4.78 is 25.9. The second-order valence-electron chi connectivity index (χ2n) is 8.95. The zero-order chi connectivity index (χ0) is 29.5. The van der Waals surface area contributed by atoms with Crippen molar-refractivity contribution in [2.75, 3.05) is 76.8 Å². The SMILES string of the molecule is COC(=O)c1nc(Cl)nc(N2CCOC[C@H]2CCO)c1Cl.COC(=O)c1nc(Cl)nc2c1OCC[C@@H]1COCCN21. The van der Waals surface area contributed by atoms with E-state index in [0.29, 0.717) is 69.9 Å². The highest BCUT2D eigenvalue weighted by atomic mass is 35.5. The zero-order valence-corrected chi connectivity index (χ0v) is 24.6. The van der Waals surface area contributed by atoms with Crippen LogP contribution in [0.15, 0.2) is 0 Å². The minimum Gasteiger partial charge on any atom is -0.487 e. The van der Waals surface area contributed by atoms with Crippen LogP contribution in [0.5, 0.6) is 5.75 Å². The molecule has 0 radical (unpaired) electrons. The van der Waals surface area contributed by atoms with Crippen LogP contribution in [0.1, 0.15) is 33.8 Å². The molecule has 2 saturated heterocycles. The van der Waals surface area contributed by atoms with E-state index in [1.54, 1.807) is 0 Å². The van der Waals surface area contributed by atoms with E-state index >= 15 is 0 Å². The van der Waals surface area contributed by atoms with Crippen molar-refractivity contribution < 1.29 is 38.4 Å². The lowest BCUT2D eigenvalue weighted by molar-refractivity contribution is 0.0582. The Morgan fingerprint density at radius 1 is 0.878 bits per heavy atom. The summed E-state index contributed by atoms with van der Waals surface area (Å²) in [6, 6.07) is 0.0687. The van der Waals surface area contributed by atoms with E-state index in [9.17, 15) is 9.59 Å². The predicted octanol–water partition coefficient (Wildman–Crippen LogP) is 2.06. The van der Waals surface area contributed by atoms with Crippen LogP contribution >= 0.6 is 34.8 Å². The van der Waals surface area contributed by atoms with E-state index in [0.717, 1.165) is 6.42 Å². The van der Waals surface area contributed by atoms with E-state index in [2.05, 4.69) is 29.6 Å². The van der Waals surface area contributed by atoms with Crippen molar-refractivity contribution in [3.8, 4) is 5.75 Å². The van der Waals surface area contributed by atoms with Gasteiger partial charge in [-0.2, -0.15) is 9.97 Å². The Labute approximate surface area is 250 Å². The maximum absolute atomic E-state index is 11.8. The van der Waals surface area contributed by atoms with E-state index in [1.807, 2.05) is 4.90 Å². The number of ether oxygens (including phenoxy) is 5. The van der Waals surface area contributed by atoms with Gasteiger partial charge in [-0.25, -0.2) is 19.6 Å². The molecule has 0 saturated carbocycles. The number of halogens is 3. The first-order valence-electron chi connectivity index (χ1n) is 12.7. The number of esters is 2. The molecule has 3 aliphatic heterocycles. The lowest BCUT2D eigenvalue weighted by Crippen LogP contribution is -2.46. The summed E-state index contributed by atoms with van der Waals surface area (Å²) in [6.45, 7) is 3.81. The average molecular weight is 636 g/mol. The highest BCUT2D eigenvalue weighted by molar-refractivity contribution is 6.36. The van der Waals surface area contributed by atoms with Crippen LogP contribution in [0.3, 0.4) is 0 Å². The zero-order valence-electron chi connectivity index (χ0n) is 22.3. The lowest BCUT2D eigenvalue weighted by Gasteiger charge is -2.36. The molecule has 3 aliphatic rings. The van der Waals surface area contributed by atoms with Crippen LogP contribution in [0.4, 0.5) is 11.6 Å². The molecule has 1 N–H and O–H groups in total. The fourth-order valence-electron chi connectivity index (χ4n) is 4.60. The highest BCUT2D eigenvalue weighted by Crippen LogP contribution is 2.36. The summed E-state index contributed by atoms with van der Waals surface area (Å²) in [6.07, 6.45) is 1.28. The lowest BCUT2D eigenvalue weighted by atomic mass is 10.1. The number of aromatic nitrogens is 4. The molecule has 0 aromatic carbocycles. The van der Waals surface area contributed by atoms with Gasteiger partial charge in [0.25, 0.3) is 0 Å². The number of methoxy groups -OCH3 is 2. The van der Waals surface area contributed by atoms with Gasteiger partial charge < -0.3 is 38.6 Å². The van der Waals surface area contributed by atoms with Crippen LogP contribution in [-0.4, -0.2) is 116 Å². The molecule has 0 spiro atoms. The number of nitrogens with zero attached hydrogens (tertiary/aromatic N) is 6. The van der Waals surface area contributed by atoms with Gasteiger partial charge in [0.1, 0.15) is 5.02 Å². The summed E-state index contributed by atoms with van der Waals surface area (Å²) in [7, 11) is 2.52. The molecule has 2 aromatic rings. The smallest absolute Gasteiger partial charge is 0.360 e. The fraction of sp³-hybridized carbons (Fsp3) is 0.583. The number of morpholine rings is 2. The van der Waals surface area contributed by atoms with Crippen molar-refractivity contribution in [2.24, 2.45) is 0 Å². The second kappa shape index (κ2) is 14.4. The summed E-state index contributed by atoms with van der Waals surface area (Å²) in [5, 5.41) is 9.13. The Hall–Kier alpha value is -2.75. The molecule has 2 aromatic heterocycles. The first-order valence-corrected chi connectivity index (χ1v) is 13.8. The third-order valence-electron chi connectivity index (χ3n) is 6.54. The van der Waals surface area contributed by atoms with Gasteiger partial charge in [-0.1, -0.05) is 11.6 Å². The molecule has 17 heteroatoms. The van der Waals surface area contributed by atoms with Crippen molar-refractivity contribution in [3.05, 3.63) is 27.0 Å². The molecular formula is C24H29Cl3N6O8. The normalized spacial score (nSPS) is 20.0. The topological polar surface area (TPSA) is 159 Å². The maximum Gasteiger partial charge on any atom is 0.360 e. The van der Waals surface area contributed by atoms with Crippen LogP contribution in [0, 0.1) is 0 Å². The molecule has 5 rings (SSSR count). The second-order valence-corrected chi connectivity index (χ2v) is 10.0. The largest absolute Gasteiger partial charge is 0.487 e. The average Bonchev–Trinajstić information content (AvgIpc) is 3.17. The number of fused-ring (bicyclic) bond motifs is 3. The van der Waals surface area contributed by atoms with Crippen molar-refractivity contribution >= 4 is 58.4 Å². The number of anilines is 2. The van der Waals surface area contributed by atoms with Crippen LogP contribution < -0.4 is 14.5 Å². The quantitative estimate of drug-likeness (QED) is 0.376. The third-order valence-corrected chi connectivity index (χ3v) is 7.23. The summed E-state index contributed by atoms with van der Waals surface area (Å²) >= 11 is 18.0. The Morgan fingerprint density at radius 2 is 1.49 bits per heavy atom. The van der Waals surface area contributed by atoms with E-state index in [1.165, 1.54) is 14.2 Å². The molecule has 41 heavy (non-hydrogen) atoms. The summed E-state index contributed by atoms with van der Waals surface area (Å²) in [4.78, 5) is 43.5. The summed E-state index contributed by atoms with van der Waals surface area (Å²) in [5.41, 5.74) is -0.0157. The number of carbonyl (C=O) groups excluding carboxylic acids is 2. The van der Waals surface area contributed by atoms with Gasteiger partial charge >= 0.3 is 11.9 Å². The first kappa shape index (κ1) is 31.2. The Balaban J connectivity index is 0.000000189. The number of rotatable bonds is 5. The van der Waals surface area contributed by atoms with Crippen LogP contribution in [0.25, 0.3) is 0 Å². The molecule has 0 amide bonds. The van der Waals surface area contributed by atoms with Gasteiger partial charge in [0, 0.05) is 26.1 Å². The van der Waals surface area contributed by atoms with Crippen LogP contribution in [-0.2, 0) is 18.9 Å². The molecule has 2 fully saturated rings. The Morgan fingerprint density at radius 3 is 2.17 bits per heavy atom. The molecule has 0 bridgehead atoms. The number of aliphatic hydroxyl groups excluding tert-OH is 1. The van der Waals surface area contributed by atoms with Crippen molar-refractivity contribution in [1.29, 1.82) is 0 Å². The van der Waals surface area contributed by atoms with Gasteiger partial charge in [0.2, 0.25) is 10.6 Å². The van der Waals surface area contributed by atoms with E-state index in [-0.39, 0.29) is 45.7 Å². The minimum absolute atomic E-state index is 0.000100.